The molecule has 1 atom stereocenters. The highest BCUT2D eigenvalue weighted by Gasteiger charge is 2.21. The highest BCUT2D eigenvalue weighted by Crippen LogP contribution is 2.32. The molecule has 1 heterocycles. The van der Waals surface area contributed by atoms with E-state index in [1.165, 1.54) is 12.1 Å². The molecule has 1 amide bonds. The second-order valence-electron chi connectivity index (χ2n) is 7.58. The third-order valence-electron chi connectivity index (χ3n) is 5.13. The molecule has 0 fully saturated rings. The van der Waals surface area contributed by atoms with Crippen LogP contribution in [0.25, 0.3) is 22.3 Å². The quantitative estimate of drug-likeness (QED) is 0.128. The Morgan fingerprint density at radius 3 is 2.49 bits per heavy atom. The van der Waals surface area contributed by atoms with Crippen molar-refractivity contribution in [3.8, 4) is 11.3 Å². The Labute approximate surface area is 208 Å². The van der Waals surface area contributed by atoms with Crippen LogP contribution in [0.2, 0.25) is 0 Å². The first-order chi connectivity index (χ1) is 16.0. The summed E-state index contributed by atoms with van der Waals surface area (Å²) >= 11 is 0. The zero-order valence-electron chi connectivity index (χ0n) is 18.5. The molecule has 3 rings (SSSR count). The molecule has 0 saturated carbocycles. The summed E-state index contributed by atoms with van der Waals surface area (Å²) in [5, 5.41) is 1.93. The lowest BCUT2D eigenvalue weighted by atomic mass is 10.1. The summed E-state index contributed by atoms with van der Waals surface area (Å²) < 4.78 is 48.7. The van der Waals surface area contributed by atoms with Gasteiger partial charge >= 0.3 is 0 Å². The van der Waals surface area contributed by atoms with Crippen LogP contribution < -0.4 is 33.7 Å². The maximum atomic E-state index is 14.7. The summed E-state index contributed by atoms with van der Waals surface area (Å²) in [6.07, 6.45) is 0.707. The predicted molar refractivity (Wildman–Crippen MR) is 134 cm³/mol. The molecule has 9 nitrogen and oxygen atoms in total. The van der Waals surface area contributed by atoms with Gasteiger partial charge in [-0.05, 0) is 38.0 Å². The van der Waals surface area contributed by atoms with Crippen molar-refractivity contribution in [1.82, 2.24) is 0 Å². The SMILES string of the molecule is Br.Cc1c(F)c(N)c2c(=O)cc(-c3ccc(NC(=O)C(N)CCCN=C(N)N)c(F)c3)oc2c1F. The number of amides is 1. The fourth-order valence-corrected chi connectivity index (χ4v) is 3.27. The summed E-state index contributed by atoms with van der Waals surface area (Å²) in [6.45, 7) is 1.44. The van der Waals surface area contributed by atoms with E-state index in [-0.39, 0.29) is 46.4 Å². The first-order valence-corrected chi connectivity index (χ1v) is 10.1. The number of aliphatic imine (C=N–C) groups is 1. The van der Waals surface area contributed by atoms with Crippen LogP contribution in [0.3, 0.4) is 0 Å². The van der Waals surface area contributed by atoms with Crippen molar-refractivity contribution >= 4 is 51.2 Å². The molecule has 0 bridgehead atoms. The molecule has 35 heavy (non-hydrogen) atoms. The summed E-state index contributed by atoms with van der Waals surface area (Å²) in [4.78, 5) is 28.5. The summed E-state index contributed by atoms with van der Waals surface area (Å²) in [7, 11) is 0. The topological polar surface area (TPSA) is 176 Å². The molecule has 3 aromatic rings. The normalized spacial score (nSPS) is 11.6. The minimum atomic E-state index is -1.08. The van der Waals surface area contributed by atoms with Gasteiger partial charge in [-0.25, -0.2) is 13.2 Å². The van der Waals surface area contributed by atoms with Crippen LogP contribution in [0.5, 0.6) is 0 Å². The number of carbonyl (C=O) groups is 1. The van der Waals surface area contributed by atoms with Crippen molar-refractivity contribution < 1.29 is 22.4 Å². The first kappa shape index (κ1) is 27.7. The summed E-state index contributed by atoms with van der Waals surface area (Å²) in [6, 6.07) is 3.60. The van der Waals surface area contributed by atoms with Crippen LogP contribution in [-0.4, -0.2) is 24.5 Å². The van der Waals surface area contributed by atoms with E-state index < -0.39 is 57.0 Å². The van der Waals surface area contributed by atoms with Gasteiger partial charge in [-0.15, -0.1) is 17.0 Å². The summed E-state index contributed by atoms with van der Waals surface area (Å²) in [5.74, 6) is -3.85. The van der Waals surface area contributed by atoms with Crippen LogP contribution in [0.15, 0.2) is 38.5 Å². The third kappa shape index (κ3) is 5.92. The van der Waals surface area contributed by atoms with Crippen molar-refractivity contribution in [2.75, 3.05) is 17.6 Å². The lowest BCUT2D eigenvalue weighted by Crippen LogP contribution is -2.36. The van der Waals surface area contributed by atoms with Gasteiger partial charge in [-0.1, -0.05) is 0 Å². The number of rotatable bonds is 7. The number of halogens is 4. The van der Waals surface area contributed by atoms with Gasteiger partial charge in [0.1, 0.15) is 11.6 Å². The van der Waals surface area contributed by atoms with E-state index >= 15 is 0 Å². The number of benzene rings is 2. The molecule has 0 saturated heterocycles. The summed E-state index contributed by atoms with van der Waals surface area (Å²) in [5.41, 5.74) is 19.5. The average molecular weight is 557 g/mol. The molecule has 0 aliphatic carbocycles. The third-order valence-corrected chi connectivity index (χ3v) is 5.13. The molecule has 1 aromatic heterocycles. The van der Waals surface area contributed by atoms with Crippen LogP contribution in [0.1, 0.15) is 18.4 Å². The van der Waals surface area contributed by atoms with Gasteiger partial charge in [0.15, 0.2) is 28.6 Å². The zero-order chi connectivity index (χ0) is 25.2. The van der Waals surface area contributed by atoms with E-state index in [1.54, 1.807) is 0 Å². The lowest BCUT2D eigenvalue weighted by Gasteiger charge is -2.13. The Morgan fingerprint density at radius 2 is 1.86 bits per heavy atom. The first-order valence-electron chi connectivity index (χ1n) is 10.1. The number of nitrogens with zero attached hydrogens (tertiary/aromatic N) is 1. The Kier molecular flexibility index (Phi) is 8.88. The molecular weight excluding hydrogens is 533 g/mol. The number of nitrogen functional groups attached to an aromatic ring is 1. The fraction of sp³-hybridized carbons (Fsp3) is 0.227. The largest absolute Gasteiger partial charge is 0.453 e. The van der Waals surface area contributed by atoms with Gasteiger partial charge < -0.3 is 32.7 Å². The molecule has 1 unspecified atom stereocenters. The number of guanidine groups is 1. The molecule has 188 valence electrons. The molecule has 0 aliphatic rings. The number of anilines is 2. The smallest absolute Gasteiger partial charge is 0.241 e. The lowest BCUT2D eigenvalue weighted by molar-refractivity contribution is -0.117. The van der Waals surface area contributed by atoms with Crippen molar-refractivity contribution in [2.24, 2.45) is 22.2 Å². The van der Waals surface area contributed by atoms with Crippen LogP contribution >= 0.6 is 17.0 Å². The van der Waals surface area contributed by atoms with E-state index in [0.29, 0.717) is 13.0 Å². The van der Waals surface area contributed by atoms with Crippen molar-refractivity contribution in [1.29, 1.82) is 0 Å². The van der Waals surface area contributed by atoms with Crippen LogP contribution in [0.4, 0.5) is 24.5 Å². The van der Waals surface area contributed by atoms with Gasteiger partial charge in [0.25, 0.3) is 0 Å². The Hall–Kier alpha value is -3.58. The zero-order valence-corrected chi connectivity index (χ0v) is 20.2. The number of nitrogens with two attached hydrogens (primary N) is 4. The Morgan fingerprint density at radius 1 is 1.17 bits per heavy atom. The van der Waals surface area contributed by atoms with Crippen molar-refractivity contribution in [3.63, 3.8) is 0 Å². The van der Waals surface area contributed by atoms with Crippen molar-refractivity contribution in [3.05, 3.63) is 57.5 Å². The number of hydrogen-bond donors (Lipinski definition) is 5. The fourth-order valence-electron chi connectivity index (χ4n) is 3.27. The number of nitrogens with one attached hydrogen (secondary N) is 1. The molecule has 2 aromatic carbocycles. The second kappa shape index (κ2) is 11.2. The number of hydrogen-bond acceptors (Lipinski definition) is 6. The number of fused-ring (bicyclic) bond motifs is 1. The maximum absolute atomic E-state index is 14.7. The number of carbonyl (C=O) groups excluding carboxylic acids is 1. The molecule has 13 heteroatoms. The maximum Gasteiger partial charge on any atom is 0.241 e. The molecule has 9 N–H and O–H groups in total. The molecular formula is C22H24BrF3N6O3. The van der Waals surface area contributed by atoms with E-state index in [1.807, 2.05) is 0 Å². The van der Waals surface area contributed by atoms with E-state index in [9.17, 15) is 22.8 Å². The van der Waals surface area contributed by atoms with Gasteiger partial charge in [0.05, 0.1) is 22.8 Å². The van der Waals surface area contributed by atoms with Gasteiger partial charge in [0, 0.05) is 23.7 Å². The monoisotopic (exact) mass is 556 g/mol. The van der Waals surface area contributed by atoms with Gasteiger partial charge in [-0.3, -0.25) is 14.6 Å². The second-order valence-corrected chi connectivity index (χ2v) is 7.58. The van der Waals surface area contributed by atoms with Gasteiger partial charge in [-0.2, -0.15) is 0 Å². The molecule has 0 aliphatic heterocycles. The van der Waals surface area contributed by atoms with Gasteiger partial charge in [0.2, 0.25) is 5.91 Å². The Bertz CT molecular complexity index is 1360. The minimum Gasteiger partial charge on any atom is -0.453 e. The molecule has 0 spiro atoms. The minimum absolute atomic E-state index is 0. The standard InChI is InChI=1S/C22H23F3N6O3.BrH/c1-9-17(24)19(27)16-14(32)8-15(34-20(16)18(9)25)10-4-5-13(11(23)7-10)31-21(33)12(26)3-2-6-30-22(28)29;/h4-5,7-8,12H,2-3,6,26-27H2,1H3,(H,31,33)(H4,28,29,30);1H. The predicted octanol–water partition coefficient (Wildman–Crippen LogP) is 2.67. The Balaban J connectivity index is 0.00000432. The van der Waals surface area contributed by atoms with E-state index in [2.05, 4.69) is 10.3 Å². The molecule has 0 radical (unpaired) electrons. The van der Waals surface area contributed by atoms with Crippen LogP contribution in [0, 0.1) is 24.4 Å². The average Bonchev–Trinajstić information content (AvgIpc) is 2.79. The highest BCUT2D eigenvalue weighted by molar-refractivity contribution is 8.93. The van der Waals surface area contributed by atoms with Crippen molar-refractivity contribution in [2.45, 2.75) is 25.8 Å². The highest BCUT2D eigenvalue weighted by atomic mass is 79.9. The van der Waals surface area contributed by atoms with E-state index in [0.717, 1.165) is 19.1 Å². The van der Waals surface area contributed by atoms with Crippen LogP contribution in [-0.2, 0) is 4.79 Å². The van der Waals surface area contributed by atoms with E-state index in [4.69, 9.17) is 27.4 Å².